The Morgan fingerprint density at radius 2 is 0.930 bits per heavy atom. The topological polar surface area (TPSA) is 709 Å². The molecular weight excluding hydrogens is 1800 g/mol. The number of H-pyrrole nitrogens is 4. The van der Waals surface area contributed by atoms with Gasteiger partial charge in [-0.1, -0.05) is 83.1 Å². The summed E-state index contributed by atoms with van der Waals surface area (Å²) >= 11 is 0. The number of nitrogens with zero attached hydrogens (tertiary/aromatic N) is 14. The van der Waals surface area contributed by atoms with Gasteiger partial charge < -0.3 is 79.4 Å². The van der Waals surface area contributed by atoms with Gasteiger partial charge in [0.1, 0.15) is 67.3 Å². The molecule has 0 aliphatic carbocycles. The molecule has 57 heteroatoms. The third kappa shape index (κ3) is 21.7. The number of quaternary nitrogens is 2. The van der Waals surface area contributed by atoms with Crippen LogP contribution in [0.2, 0.25) is 36.3 Å². The van der Waals surface area contributed by atoms with Crippen LogP contribution in [0.15, 0.2) is 44.5 Å². The molecule has 4 unspecified atom stereocenters. The average molecular weight is 1910 g/mol. The molecule has 6 fully saturated rings. The normalized spacial score (nSPS) is 30.2. The van der Waals surface area contributed by atoms with Gasteiger partial charge >= 0.3 is 15.5 Å². The molecule has 0 aromatic carbocycles. The van der Waals surface area contributed by atoms with E-state index in [1.165, 1.54) is 43.6 Å². The van der Waals surface area contributed by atoms with Crippen LogP contribution in [0.3, 0.4) is 0 Å². The zero-order valence-electron chi connectivity index (χ0n) is 74.0. The second-order valence-electron chi connectivity index (χ2n) is 34.5. The molecule has 6 aliphatic heterocycles. The number of hydrogen-bond acceptors (Lipinski definition) is 35. The van der Waals surface area contributed by atoms with Gasteiger partial charge in [0.15, 0.2) is 73.7 Å². The Kier molecular flexibility index (Phi) is 31.0. The molecule has 8 aromatic heterocycles. The van der Waals surface area contributed by atoms with Gasteiger partial charge in [0.25, 0.3) is 22.2 Å². The molecule has 14 heterocycles. The van der Waals surface area contributed by atoms with Crippen LogP contribution in [0.25, 0.3) is 49.5 Å². The number of aromatic amines is 4. The van der Waals surface area contributed by atoms with E-state index in [1.807, 2.05) is 73.8 Å². The van der Waals surface area contributed by atoms with E-state index in [9.17, 15) is 52.9 Å². The number of anilines is 3. The fourth-order valence-corrected chi connectivity index (χ4v) is 22.5. The van der Waals surface area contributed by atoms with Gasteiger partial charge in [-0.25, -0.2) is 55.9 Å². The molecule has 8 aromatic rings. The number of hydrogen-bond donors (Lipinski definition) is 13. The molecule has 1 amide bonds. The number of amides is 1. The van der Waals surface area contributed by atoms with Crippen molar-refractivity contribution in [3.05, 3.63) is 84.0 Å². The molecule has 6 aliphatic rings. The first-order valence-corrected chi connectivity index (χ1v) is 53.1. The van der Waals surface area contributed by atoms with Crippen molar-refractivity contribution in [3.63, 3.8) is 0 Å². The summed E-state index contributed by atoms with van der Waals surface area (Å²) in [6.07, 6.45) is -6.60. The summed E-state index contributed by atoms with van der Waals surface area (Å²) in [6, 6.07) is -2.60. The molecule has 0 bridgehead atoms. The summed E-state index contributed by atoms with van der Waals surface area (Å²) in [5, 5.41) is 22.4. The van der Waals surface area contributed by atoms with Crippen molar-refractivity contribution in [2.75, 3.05) is 77.1 Å². The highest BCUT2D eigenvalue weighted by Crippen LogP contribution is 2.55. The number of aromatic nitrogens is 16. The maximum absolute atomic E-state index is 15.3. The van der Waals surface area contributed by atoms with Gasteiger partial charge in [-0.2, -0.15) is 20.2 Å². The number of carbonyl (C=O) groups is 2. The van der Waals surface area contributed by atoms with Crippen LogP contribution >= 0.6 is 31.0 Å². The second kappa shape index (κ2) is 39.6. The molecule has 0 saturated carbocycles. The predicted molar refractivity (Wildman–Crippen MR) is 460 cm³/mol. The number of ether oxygens (including phenoxy) is 4. The number of rotatable bonds is 19. The molecule has 128 heavy (non-hydrogen) atoms. The van der Waals surface area contributed by atoms with E-state index in [2.05, 4.69) is 102 Å². The monoisotopic (exact) mass is 1910 g/mol. The smallest absolute Gasteiger partial charge is 0.406 e. The number of carbonyl (C=O) groups excluding carboxylic acids is 2. The summed E-state index contributed by atoms with van der Waals surface area (Å²) in [5.74, 6) is -3.16. The number of Topliss-reactive ketones (excluding diaryl/α,β-unsaturated/α-hetero) is 1. The first kappa shape index (κ1) is 100. The Hall–Kier alpha value is -8.33. The third-order valence-electron chi connectivity index (χ3n) is 23.1. The zero-order chi connectivity index (χ0) is 94.2. The Balaban J connectivity index is 0.000000248. The lowest BCUT2D eigenvalue weighted by Gasteiger charge is -2.42. The Labute approximate surface area is 734 Å². The van der Waals surface area contributed by atoms with Gasteiger partial charge in [0.2, 0.25) is 45.8 Å². The van der Waals surface area contributed by atoms with Crippen molar-refractivity contribution < 1.29 is 104 Å². The summed E-state index contributed by atoms with van der Waals surface area (Å²) < 4.78 is 139. The van der Waals surface area contributed by atoms with Crippen LogP contribution < -0.4 is 80.6 Å². The van der Waals surface area contributed by atoms with Crippen molar-refractivity contribution >= 4 is 122 Å². The number of nitrogen functional groups attached to an aromatic ring is 2. The molecule has 0 spiro atoms. The first-order chi connectivity index (χ1) is 60.0. The van der Waals surface area contributed by atoms with Gasteiger partial charge in [0, 0.05) is 29.7 Å². The maximum Gasteiger partial charge on any atom is 0.406 e. The average Bonchev–Trinajstić information content (AvgIpc) is 1.60. The fourth-order valence-electron chi connectivity index (χ4n) is 14.4. The summed E-state index contributed by atoms with van der Waals surface area (Å²) in [6.45, 7) is 34.3. The second-order valence-corrected chi connectivity index (χ2v) is 50.6. The van der Waals surface area contributed by atoms with Gasteiger partial charge in [-0.15, -0.1) is 0 Å². The highest BCUT2D eigenvalue weighted by molar-refractivity contribution is 7.52. The maximum atomic E-state index is 15.3. The highest BCUT2D eigenvalue weighted by atomic mass is 31.2. The minimum Gasteiger partial charge on any atom is -0.766 e. The molecule has 704 valence electrons. The minimum absolute atomic E-state index is 0.00125. The van der Waals surface area contributed by atoms with E-state index < -0.39 is 211 Å². The molecule has 6 saturated heterocycles. The largest absolute Gasteiger partial charge is 0.766 e. The van der Waals surface area contributed by atoms with Crippen LogP contribution in [0.1, 0.15) is 120 Å². The summed E-state index contributed by atoms with van der Waals surface area (Å²) in [7, 11) is -21.1. The number of fused-ring (bicyclic) bond motifs is 8. The molecule has 0 radical (unpaired) electrons. The summed E-state index contributed by atoms with van der Waals surface area (Å²) in [5.41, 5.74) is 15.6. The number of ketones is 1. The quantitative estimate of drug-likeness (QED) is 0.0235. The highest BCUT2D eigenvalue weighted by Gasteiger charge is 2.58. The lowest BCUT2D eigenvalue weighted by atomic mass is 10.00. The van der Waals surface area contributed by atoms with Crippen LogP contribution in [0.5, 0.6) is 0 Å². The van der Waals surface area contributed by atoms with E-state index in [1.54, 1.807) is 55.6 Å². The van der Waals surface area contributed by atoms with Crippen LogP contribution in [-0.4, -0.2) is 227 Å². The van der Waals surface area contributed by atoms with Crippen molar-refractivity contribution in [1.29, 1.82) is 5.26 Å². The lowest BCUT2D eigenvalue weighted by Crippen LogP contribution is -2.53. The Bertz CT molecular complexity index is 5920. The number of imidazole rings is 4. The standard InChI is InChI=1S/C42H61N13O13P2Si.C27H42N12O11P2Si.2CH5N/c1-22(2)25(56)17-28-47-34-31(37(58)48-28)45-20-54(34)39-24(5)29-26(66-39)18-64-70(61,62-15-12-13-43)53-30-27(19-65-69(60,52-29)63-16-14-44-9)67-40(33(30)68-71(10,11)42(6,7)8)55-21-46-32-35(55)49-41(51-38(32)59)50-36(57)23(3)4;1-11-14-12(48-23(11)38-9-30-16-19(38)32-25(28)34-21(16)40)7-46-52(44,45)37-15-13(8-47-51(42,43)36-14)49-24(18(15)50-53(5,6)27(2,3)4)39-10-31-17-20(39)33-26(29)35-22(17)41;2*1-2/h20-24,26-27,29-30,33,39-40H,12,14-19H2,1-8,10-11H3,(H,52,60)(H,53,61)(H,47,48,58)(H2,49,50,51,57,59);9-15,18,23-24H,7-8H2,1-6H3,(H2,36,42,43)(H2,37,44,45)(H3,28,32,34,40)(H3,29,33,35,41);2*2H2,1H3/t24-,26-,27-,29+,30-,33-,39-,40-,69?,70?;11-,12-,13-,14+,15-,18-,23-,24-;;/m11../s1. The van der Waals surface area contributed by atoms with E-state index >= 15 is 9.13 Å². The van der Waals surface area contributed by atoms with Gasteiger partial charge in [0.05, 0.1) is 109 Å². The Morgan fingerprint density at radius 3 is 1.35 bits per heavy atom. The zero-order valence-corrected chi connectivity index (χ0v) is 79.6. The fraction of sp³-hybridized carbons (Fsp3) is 0.662. The van der Waals surface area contributed by atoms with E-state index in [0.717, 1.165) is 0 Å². The summed E-state index contributed by atoms with van der Waals surface area (Å²) in [4.78, 5) is 152. The Morgan fingerprint density at radius 1 is 0.570 bits per heavy atom. The van der Waals surface area contributed by atoms with Crippen LogP contribution in [-0.2, 0) is 89.2 Å². The minimum atomic E-state index is -5.02. The van der Waals surface area contributed by atoms with Crippen LogP contribution in [0.4, 0.5) is 17.8 Å². The SMILES string of the molecule is C[C@@H]1[C@@H]2NP(=O)([O-])OC[C@H]3O[C@@H](n4cnc5c(=O)[nH]c(N)nc54)[C@H](O[Si](C)(C)C(C)(C)C)[C@@H]3NP(=O)([O-])OC[C@H]2O[C@H]1n1cnc2c(=O)[nH]c(N)nc21.C[NH3+].C[NH3+].[C-]#[N+]CCOP1(=O)N[C@H]2[C@@H](C)[C@H](n3cnc4c(=O)[nH]c(CC(=O)C(C)C)nc43)O[C@@H]2COP(=O)(OCCC#N)N[C@H]2[C@@H](O[Si](C)(C)C(C)(C)C)[C@H](n3cnc4c(=O)[nH]c(NC(=O)C(C)C)nc43)O[C@@H]2CO1. The molecule has 19 N–H and O–H groups in total. The molecule has 51 nitrogen and oxygen atoms in total. The number of nitrogens with one attached hydrogen (secondary N) is 9. The van der Waals surface area contributed by atoms with Crippen molar-refractivity contribution in [2.45, 2.75) is 218 Å². The first-order valence-electron chi connectivity index (χ1n) is 41.1. The van der Waals surface area contributed by atoms with Gasteiger partial charge in [-0.3, -0.25) is 99.6 Å². The molecular formula is C71H113N27O24P4Si2. The number of nitrogens with two attached hydrogens (primary N) is 2. The van der Waals surface area contributed by atoms with E-state index in [-0.39, 0.29) is 118 Å². The van der Waals surface area contributed by atoms with Crippen molar-refractivity contribution in [1.82, 2.24) is 98.4 Å². The van der Waals surface area contributed by atoms with E-state index in [4.69, 9.17) is 73.0 Å². The van der Waals surface area contributed by atoms with Gasteiger partial charge in [-0.05, 0) is 36.3 Å². The van der Waals surface area contributed by atoms with Crippen LogP contribution in [0, 0.1) is 41.6 Å². The van der Waals surface area contributed by atoms with Crippen molar-refractivity contribution in [2.24, 2.45) is 23.7 Å². The van der Waals surface area contributed by atoms with Crippen molar-refractivity contribution in [3.8, 4) is 6.07 Å². The number of nitriles is 1. The predicted octanol–water partition coefficient (Wildman–Crippen LogP) is 1.34. The lowest BCUT2D eigenvalue weighted by molar-refractivity contribution is -0.325. The third-order valence-corrected chi connectivity index (χ3v) is 37.5. The van der Waals surface area contributed by atoms with E-state index in [0.29, 0.717) is 0 Å². The molecule has 14 rings (SSSR count). The molecule has 20 atom stereocenters.